The van der Waals surface area contributed by atoms with Gasteiger partial charge in [-0.2, -0.15) is 0 Å². The molecular weight excluding hydrogens is 288 g/mol. The number of nitrogen functional groups attached to an aromatic ring is 1. The number of nitrogens with zero attached hydrogens (tertiary/aromatic N) is 5. The van der Waals surface area contributed by atoms with Gasteiger partial charge in [-0.05, 0) is 36.8 Å². The fourth-order valence-corrected chi connectivity index (χ4v) is 2.57. The zero-order chi connectivity index (χ0) is 15.8. The molecule has 0 spiro atoms. The maximum Gasteiger partial charge on any atom is 0.166 e. The van der Waals surface area contributed by atoms with Crippen LogP contribution in [0.3, 0.4) is 0 Å². The van der Waals surface area contributed by atoms with E-state index in [1.165, 1.54) is 0 Å². The minimum Gasteiger partial charge on any atom is -0.382 e. The normalized spacial score (nSPS) is 11.0. The van der Waals surface area contributed by atoms with Gasteiger partial charge in [-0.25, -0.2) is 9.50 Å². The van der Waals surface area contributed by atoms with Crippen molar-refractivity contribution in [2.24, 2.45) is 0 Å². The standard InChI is InChI=1S/C17H14N6/c1-11-3-2-4-14(21-11)15-16(18)22-23-10-13(9-20-17(15)23)12-5-7-19-8-6-12/h2-10H,1H3,(H2,18,22). The molecule has 0 fully saturated rings. The van der Waals surface area contributed by atoms with Gasteiger partial charge in [0.1, 0.15) is 0 Å². The summed E-state index contributed by atoms with van der Waals surface area (Å²) in [6, 6.07) is 9.67. The number of rotatable bonds is 2. The molecule has 0 saturated heterocycles. The molecule has 6 heteroatoms. The monoisotopic (exact) mass is 302 g/mol. The number of anilines is 1. The zero-order valence-electron chi connectivity index (χ0n) is 12.5. The second kappa shape index (κ2) is 5.17. The van der Waals surface area contributed by atoms with Crippen LogP contribution in [0.25, 0.3) is 28.0 Å². The van der Waals surface area contributed by atoms with Crippen molar-refractivity contribution in [3.8, 4) is 22.4 Å². The molecule has 0 bridgehead atoms. The molecule has 0 aliphatic carbocycles. The number of aryl methyl sites for hydroxylation is 1. The van der Waals surface area contributed by atoms with E-state index in [2.05, 4.69) is 20.1 Å². The summed E-state index contributed by atoms with van der Waals surface area (Å²) in [5.41, 5.74) is 11.2. The van der Waals surface area contributed by atoms with Crippen LogP contribution in [0, 0.1) is 6.92 Å². The predicted octanol–water partition coefficient (Wildman–Crippen LogP) is 2.74. The van der Waals surface area contributed by atoms with E-state index in [1.807, 2.05) is 49.6 Å². The molecule has 0 unspecified atom stereocenters. The molecule has 0 atom stereocenters. The van der Waals surface area contributed by atoms with Gasteiger partial charge < -0.3 is 5.73 Å². The molecule has 0 amide bonds. The molecule has 0 aliphatic heterocycles. The second-order valence-corrected chi connectivity index (χ2v) is 5.27. The van der Waals surface area contributed by atoms with Crippen molar-refractivity contribution in [3.05, 3.63) is 60.8 Å². The molecule has 0 radical (unpaired) electrons. The van der Waals surface area contributed by atoms with E-state index < -0.39 is 0 Å². The molecule has 4 rings (SSSR count). The Morgan fingerprint density at radius 2 is 1.87 bits per heavy atom. The van der Waals surface area contributed by atoms with E-state index in [4.69, 9.17) is 5.73 Å². The second-order valence-electron chi connectivity index (χ2n) is 5.27. The highest BCUT2D eigenvalue weighted by atomic mass is 15.3. The van der Waals surface area contributed by atoms with Crippen LogP contribution in [0.4, 0.5) is 5.82 Å². The predicted molar refractivity (Wildman–Crippen MR) is 88.6 cm³/mol. The highest BCUT2D eigenvalue weighted by Crippen LogP contribution is 2.29. The van der Waals surface area contributed by atoms with Crippen molar-refractivity contribution in [1.82, 2.24) is 24.6 Å². The molecule has 4 heterocycles. The number of hydrogen-bond acceptors (Lipinski definition) is 5. The Morgan fingerprint density at radius 3 is 2.65 bits per heavy atom. The number of aromatic nitrogens is 5. The third-order valence-electron chi connectivity index (χ3n) is 3.66. The van der Waals surface area contributed by atoms with Crippen LogP contribution in [0.2, 0.25) is 0 Å². The van der Waals surface area contributed by atoms with Crippen LogP contribution in [0.1, 0.15) is 5.69 Å². The lowest BCUT2D eigenvalue weighted by Crippen LogP contribution is -1.93. The Kier molecular flexibility index (Phi) is 3.01. The lowest BCUT2D eigenvalue weighted by atomic mass is 10.1. The molecule has 112 valence electrons. The molecule has 0 saturated carbocycles. The Morgan fingerprint density at radius 1 is 1.04 bits per heavy atom. The van der Waals surface area contributed by atoms with Gasteiger partial charge in [-0.15, -0.1) is 5.10 Å². The maximum atomic E-state index is 6.10. The molecule has 0 aromatic carbocycles. The van der Waals surface area contributed by atoms with Crippen LogP contribution < -0.4 is 5.73 Å². The molecule has 4 aromatic rings. The Balaban J connectivity index is 1.90. The number of nitrogens with two attached hydrogens (primary N) is 1. The minimum atomic E-state index is 0.419. The largest absolute Gasteiger partial charge is 0.382 e. The summed E-state index contributed by atoms with van der Waals surface area (Å²) >= 11 is 0. The first-order chi connectivity index (χ1) is 11.2. The smallest absolute Gasteiger partial charge is 0.166 e. The van der Waals surface area contributed by atoms with Crippen molar-refractivity contribution < 1.29 is 0 Å². The van der Waals surface area contributed by atoms with E-state index in [0.29, 0.717) is 11.5 Å². The van der Waals surface area contributed by atoms with Gasteiger partial charge in [0.25, 0.3) is 0 Å². The molecule has 0 aliphatic rings. The van der Waals surface area contributed by atoms with Gasteiger partial charge in [0.2, 0.25) is 0 Å². The number of pyridine rings is 2. The quantitative estimate of drug-likeness (QED) is 0.615. The van der Waals surface area contributed by atoms with Gasteiger partial charge in [0.05, 0.1) is 11.3 Å². The zero-order valence-corrected chi connectivity index (χ0v) is 12.5. The minimum absolute atomic E-state index is 0.419. The van der Waals surface area contributed by atoms with E-state index in [1.54, 1.807) is 16.9 Å². The Labute approximate surface area is 132 Å². The SMILES string of the molecule is Cc1cccc(-c2c(N)nn3cc(-c4ccncc4)cnc23)n1. The third kappa shape index (κ3) is 2.30. The topological polar surface area (TPSA) is 82.0 Å². The molecule has 2 N–H and O–H groups in total. The number of hydrogen-bond donors (Lipinski definition) is 1. The van der Waals surface area contributed by atoms with Crippen LogP contribution in [0.5, 0.6) is 0 Å². The molecule has 4 aromatic heterocycles. The lowest BCUT2D eigenvalue weighted by molar-refractivity contribution is 0.947. The van der Waals surface area contributed by atoms with Gasteiger partial charge in [0.15, 0.2) is 11.5 Å². The average Bonchev–Trinajstić information content (AvgIpc) is 2.90. The number of fused-ring (bicyclic) bond motifs is 1. The van der Waals surface area contributed by atoms with Crippen LogP contribution in [0.15, 0.2) is 55.1 Å². The summed E-state index contributed by atoms with van der Waals surface area (Å²) in [5.74, 6) is 0.419. The summed E-state index contributed by atoms with van der Waals surface area (Å²) in [7, 11) is 0. The third-order valence-corrected chi connectivity index (χ3v) is 3.66. The van der Waals surface area contributed by atoms with E-state index in [-0.39, 0.29) is 0 Å². The fourth-order valence-electron chi connectivity index (χ4n) is 2.57. The summed E-state index contributed by atoms with van der Waals surface area (Å²) in [5, 5.41) is 4.38. The van der Waals surface area contributed by atoms with E-state index in [0.717, 1.165) is 28.1 Å². The summed E-state index contributed by atoms with van der Waals surface area (Å²) < 4.78 is 1.70. The first-order valence-corrected chi connectivity index (χ1v) is 7.20. The van der Waals surface area contributed by atoms with Crippen LogP contribution in [-0.4, -0.2) is 24.6 Å². The van der Waals surface area contributed by atoms with Gasteiger partial charge in [-0.3, -0.25) is 9.97 Å². The van der Waals surface area contributed by atoms with Gasteiger partial charge in [0, 0.05) is 36.0 Å². The fraction of sp³-hybridized carbons (Fsp3) is 0.0588. The van der Waals surface area contributed by atoms with Crippen molar-refractivity contribution in [2.45, 2.75) is 6.92 Å². The van der Waals surface area contributed by atoms with Crippen molar-refractivity contribution >= 4 is 11.5 Å². The first kappa shape index (κ1) is 13.4. The van der Waals surface area contributed by atoms with Gasteiger partial charge >= 0.3 is 0 Å². The summed E-state index contributed by atoms with van der Waals surface area (Å²) in [6.45, 7) is 1.94. The Hall–Kier alpha value is -3.28. The van der Waals surface area contributed by atoms with Crippen molar-refractivity contribution in [2.75, 3.05) is 5.73 Å². The molecule has 6 nitrogen and oxygen atoms in total. The highest BCUT2D eigenvalue weighted by Gasteiger charge is 2.15. The Bertz CT molecular complexity index is 991. The van der Waals surface area contributed by atoms with Crippen molar-refractivity contribution in [1.29, 1.82) is 0 Å². The van der Waals surface area contributed by atoms with E-state index >= 15 is 0 Å². The average molecular weight is 302 g/mol. The van der Waals surface area contributed by atoms with Gasteiger partial charge in [-0.1, -0.05) is 6.07 Å². The molecular formula is C17H14N6. The summed E-state index contributed by atoms with van der Waals surface area (Å²) in [6.07, 6.45) is 7.22. The first-order valence-electron chi connectivity index (χ1n) is 7.20. The lowest BCUT2D eigenvalue weighted by Gasteiger charge is -2.03. The van der Waals surface area contributed by atoms with E-state index in [9.17, 15) is 0 Å². The van der Waals surface area contributed by atoms with Crippen molar-refractivity contribution in [3.63, 3.8) is 0 Å². The maximum absolute atomic E-state index is 6.10. The van der Waals surface area contributed by atoms with Crippen LogP contribution in [-0.2, 0) is 0 Å². The highest BCUT2D eigenvalue weighted by molar-refractivity contribution is 5.84. The molecule has 23 heavy (non-hydrogen) atoms. The summed E-state index contributed by atoms with van der Waals surface area (Å²) in [4.78, 5) is 13.1. The van der Waals surface area contributed by atoms with Crippen LogP contribution >= 0.6 is 0 Å².